The summed E-state index contributed by atoms with van der Waals surface area (Å²) in [5.41, 5.74) is -0.350. The summed E-state index contributed by atoms with van der Waals surface area (Å²) >= 11 is 5.92. The molecule has 7 nitrogen and oxygen atoms in total. The zero-order valence-corrected chi connectivity index (χ0v) is 12.4. The van der Waals surface area contributed by atoms with Gasteiger partial charge in [-0.05, 0) is 26.8 Å². The fourth-order valence-corrected chi connectivity index (χ4v) is 1.63. The van der Waals surface area contributed by atoms with Crippen molar-refractivity contribution in [3.05, 3.63) is 27.3 Å². The third kappa shape index (κ3) is 4.27. The van der Waals surface area contributed by atoms with E-state index in [1.165, 1.54) is 19.2 Å². The van der Waals surface area contributed by atoms with Gasteiger partial charge in [0.25, 0.3) is 5.69 Å². The van der Waals surface area contributed by atoms with Gasteiger partial charge in [-0.25, -0.2) is 4.79 Å². The van der Waals surface area contributed by atoms with Gasteiger partial charge in [0, 0.05) is 13.1 Å². The van der Waals surface area contributed by atoms with E-state index in [0.29, 0.717) is 0 Å². The average molecular weight is 302 g/mol. The highest BCUT2D eigenvalue weighted by atomic mass is 35.5. The van der Waals surface area contributed by atoms with E-state index < -0.39 is 16.6 Å². The summed E-state index contributed by atoms with van der Waals surface area (Å²) in [6.07, 6.45) is -0.685. The van der Waals surface area contributed by atoms with E-state index in [1.807, 2.05) is 0 Å². The van der Waals surface area contributed by atoms with Gasteiger partial charge in [0.2, 0.25) is 0 Å². The smallest absolute Gasteiger partial charge is 0.412 e. The number of carbonyl (C=O) groups excluding carboxylic acids is 1. The molecule has 0 unspecified atom stereocenters. The monoisotopic (exact) mass is 301 g/mol. The molecule has 1 amide bonds. The largest absolute Gasteiger partial charge is 0.444 e. The van der Waals surface area contributed by atoms with Gasteiger partial charge in [-0.1, -0.05) is 11.6 Å². The molecule has 1 aromatic carbocycles. The van der Waals surface area contributed by atoms with Crippen LogP contribution in [0.5, 0.6) is 0 Å². The molecule has 2 N–H and O–H groups in total. The van der Waals surface area contributed by atoms with Crippen molar-refractivity contribution in [2.75, 3.05) is 17.7 Å². The van der Waals surface area contributed by atoms with E-state index >= 15 is 0 Å². The lowest BCUT2D eigenvalue weighted by molar-refractivity contribution is -0.383. The molecule has 0 heterocycles. The molecule has 0 aliphatic carbocycles. The first-order valence-electron chi connectivity index (χ1n) is 5.79. The van der Waals surface area contributed by atoms with Crippen molar-refractivity contribution in [1.82, 2.24) is 0 Å². The fraction of sp³-hybridized carbons (Fsp3) is 0.417. The number of nitrogens with zero attached hydrogens (tertiary/aromatic N) is 1. The summed E-state index contributed by atoms with van der Waals surface area (Å²) in [5.74, 6) is 0. The molecular weight excluding hydrogens is 286 g/mol. The van der Waals surface area contributed by atoms with Crippen LogP contribution in [-0.4, -0.2) is 23.7 Å². The maximum atomic E-state index is 11.7. The van der Waals surface area contributed by atoms with Gasteiger partial charge in [-0.15, -0.1) is 0 Å². The van der Waals surface area contributed by atoms with Crippen molar-refractivity contribution in [1.29, 1.82) is 0 Å². The first-order valence-corrected chi connectivity index (χ1v) is 6.17. The summed E-state index contributed by atoms with van der Waals surface area (Å²) in [6.45, 7) is 5.18. The van der Waals surface area contributed by atoms with Crippen LogP contribution in [0.1, 0.15) is 20.8 Å². The number of benzene rings is 1. The Morgan fingerprint density at radius 3 is 2.40 bits per heavy atom. The Labute approximate surface area is 121 Å². The average Bonchev–Trinajstić information content (AvgIpc) is 2.28. The molecule has 110 valence electrons. The second-order valence-electron chi connectivity index (χ2n) is 4.98. The molecular formula is C12H16ClN3O4. The fourth-order valence-electron chi connectivity index (χ4n) is 1.42. The van der Waals surface area contributed by atoms with Crippen LogP contribution in [0, 0.1) is 10.1 Å². The van der Waals surface area contributed by atoms with Crippen LogP contribution in [0.15, 0.2) is 12.1 Å². The van der Waals surface area contributed by atoms with E-state index in [1.54, 1.807) is 20.8 Å². The lowest BCUT2D eigenvalue weighted by Gasteiger charge is -2.20. The molecule has 0 saturated carbocycles. The minimum atomic E-state index is -0.685. The van der Waals surface area contributed by atoms with Crippen molar-refractivity contribution < 1.29 is 14.5 Å². The Kier molecular flexibility index (Phi) is 4.78. The zero-order chi connectivity index (χ0) is 15.5. The maximum Gasteiger partial charge on any atom is 0.412 e. The number of rotatable bonds is 3. The SMILES string of the molecule is CNc1cc(NC(=O)OC(C)(C)C)c(Cl)cc1[N+](=O)[O-]. The van der Waals surface area contributed by atoms with Gasteiger partial charge in [0.1, 0.15) is 11.3 Å². The number of nitrogens with one attached hydrogen (secondary N) is 2. The first-order chi connectivity index (χ1) is 9.14. The standard InChI is InChI=1S/C12H16ClN3O4/c1-12(2,3)20-11(17)15-8-6-9(14-4)10(16(18)19)5-7(8)13/h5-6,14H,1-4H3,(H,15,17). The van der Waals surface area contributed by atoms with Crippen LogP contribution in [0.4, 0.5) is 21.9 Å². The van der Waals surface area contributed by atoms with Gasteiger partial charge >= 0.3 is 6.09 Å². The minimum Gasteiger partial charge on any atom is -0.444 e. The third-order valence-corrected chi connectivity index (χ3v) is 2.50. The number of hydrogen-bond donors (Lipinski definition) is 2. The van der Waals surface area contributed by atoms with Gasteiger partial charge < -0.3 is 10.1 Å². The molecule has 0 aliphatic heterocycles. The molecule has 1 aromatic rings. The lowest BCUT2D eigenvalue weighted by atomic mass is 10.2. The summed E-state index contributed by atoms with van der Waals surface area (Å²) in [4.78, 5) is 21.9. The maximum absolute atomic E-state index is 11.7. The van der Waals surface area contributed by atoms with E-state index in [4.69, 9.17) is 16.3 Å². The van der Waals surface area contributed by atoms with Crippen LogP contribution < -0.4 is 10.6 Å². The predicted octanol–water partition coefficient (Wildman–Crippen LogP) is 3.64. The molecule has 0 aliphatic rings. The lowest BCUT2D eigenvalue weighted by Crippen LogP contribution is -2.27. The number of nitro benzene ring substituents is 1. The van der Waals surface area contributed by atoms with Crippen LogP contribution >= 0.6 is 11.6 Å². The number of halogens is 1. The highest BCUT2D eigenvalue weighted by molar-refractivity contribution is 6.34. The number of ether oxygens (including phenoxy) is 1. The van der Waals surface area contributed by atoms with E-state index in [-0.39, 0.29) is 22.1 Å². The second kappa shape index (κ2) is 5.96. The summed E-state index contributed by atoms with van der Waals surface area (Å²) in [5, 5.41) is 16.0. The summed E-state index contributed by atoms with van der Waals surface area (Å²) in [6, 6.07) is 2.55. The third-order valence-electron chi connectivity index (χ3n) is 2.19. The molecule has 0 fully saturated rings. The minimum absolute atomic E-state index is 0.0570. The topological polar surface area (TPSA) is 93.5 Å². The quantitative estimate of drug-likeness (QED) is 0.656. The first kappa shape index (κ1) is 16.0. The van der Waals surface area contributed by atoms with Gasteiger partial charge in [-0.2, -0.15) is 0 Å². The highest BCUT2D eigenvalue weighted by Gasteiger charge is 2.20. The summed E-state index contributed by atoms with van der Waals surface area (Å²) in [7, 11) is 1.54. The van der Waals surface area contributed by atoms with Crippen molar-refractivity contribution in [2.45, 2.75) is 26.4 Å². The Balaban J connectivity index is 3.02. The Morgan fingerprint density at radius 1 is 1.35 bits per heavy atom. The van der Waals surface area contributed by atoms with E-state index in [0.717, 1.165) is 0 Å². The highest BCUT2D eigenvalue weighted by Crippen LogP contribution is 2.34. The van der Waals surface area contributed by atoms with Crippen molar-refractivity contribution in [2.24, 2.45) is 0 Å². The zero-order valence-electron chi connectivity index (χ0n) is 11.6. The van der Waals surface area contributed by atoms with Crippen LogP contribution in [-0.2, 0) is 4.74 Å². The van der Waals surface area contributed by atoms with Crippen molar-refractivity contribution >= 4 is 34.8 Å². The molecule has 0 saturated heterocycles. The van der Waals surface area contributed by atoms with Crippen molar-refractivity contribution in [3.63, 3.8) is 0 Å². The second-order valence-corrected chi connectivity index (χ2v) is 5.39. The van der Waals surface area contributed by atoms with Crippen LogP contribution in [0.25, 0.3) is 0 Å². The molecule has 0 aromatic heterocycles. The normalized spacial score (nSPS) is 10.8. The van der Waals surface area contributed by atoms with E-state index in [2.05, 4.69) is 10.6 Å². The van der Waals surface area contributed by atoms with Crippen molar-refractivity contribution in [3.8, 4) is 0 Å². The molecule has 1 rings (SSSR count). The molecule has 0 bridgehead atoms. The van der Waals surface area contributed by atoms with E-state index in [9.17, 15) is 14.9 Å². The van der Waals surface area contributed by atoms with Gasteiger partial charge in [0.05, 0.1) is 15.6 Å². The van der Waals surface area contributed by atoms with Crippen LogP contribution in [0.2, 0.25) is 5.02 Å². The number of nitro groups is 1. The Morgan fingerprint density at radius 2 is 1.95 bits per heavy atom. The van der Waals surface area contributed by atoms with Crippen LogP contribution in [0.3, 0.4) is 0 Å². The number of carbonyl (C=O) groups is 1. The molecule has 0 spiro atoms. The van der Waals surface area contributed by atoms with Gasteiger partial charge in [-0.3, -0.25) is 15.4 Å². The Bertz CT molecular complexity index is 540. The number of amides is 1. The summed E-state index contributed by atoms with van der Waals surface area (Å²) < 4.78 is 5.08. The molecule has 20 heavy (non-hydrogen) atoms. The number of hydrogen-bond acceptors (Lipinski definition) is 5. The Hall–Kier alpha value is -2.02. The molecule has 0 radical (unpaired) electrons. The number of anilines is 2. The molecule has 8 heteroatoms. The van der Waals surface area contributed by atoms with Gasteiger partial charge in [0.15, 0.2) is 0 Å². The molecule has 0 atom stereocenters. The predicted molar refractivity (Wildman–Crippen MR) is 77.5 cm³/mol.